The van der Waals surface area contributed by atoms with Crippen molar-refractivity contribution in [1.29, 1.82) is 0 Å². The standard InChI is InChI=1S/C17H25N3O/c1-6-9-18-11-15-7-8-16(10-12(15)2)21-17-13(3)19-20(5)14(17)4/h7-8,10,18H,6,9,11H2,1-5H3. The van der Waals surface area contributed by atoms with Crippen LogP contribution in [0.2, 0.25) is 0 Å². The summed E-state index contributed by atoms with van der Waals surface area (Å²) in [7, 11) is 1.93. The Balaban J connectivity index is 2.13. The molecule has 0 atom stereocenters. The second-order valence-corrected chi connectivity index (χ2v) is 5.49. The van der Waals surface area contributed by atoms with Gasteiger partial charge < -0.3 is 10.1 Å². The molecule has 1 aromatic heterocycles. The number of hydrogen-bond donors (Lipinski definition) is 1. The maximum absolute atomic E-state index is 6.02. The van der Waals surface area contributed by atoms with Crippen molar-refractivity contribution in [2.75, 3.05) is 6.54 Å². The van der Waals surface area contributed by atoms with E-state index in [9.17, 15) is 0 Å². The lowest BCUT2D eigenvalue weighted by atomic mass is 10.1. The molecule has 0 amide bonds. The highest BCUT2D eigenvalue weighted by Crippen LogP contribution is 2.29. The van der Waals surface area contributed by atoms with Crippen molar-refractivity contribution >= 4 is 0 Å². The first kappa shape index (κ1) is 15.6. The highest BCUT2D eigenvalue weighted by atomic mass is 16.5. The van der Waals surface area contributed by atoms with Gasteiger partial charge in [0.15, 0.2) is 5.75 Å². The van der Waals surface area contributed by atoms with Gasteiger partial charge in [0, 0.05) is 13.6 Å². The van der Waals surface area contributed by atoms with Crippen LogP contribution in [0.3, 0.4) is 0 Å². The Hall–Kier alpha value is -1.81. The SMILES string of the molecule is CCCNCc1ccc(Oc2c(C)nn(C)c2C)cc1C. The average molecular weight is 287 g/mol. The second-order valence-electron chi connectivity index (χ2n) is 5.49. The molecule has 114 valence electrons. The summed E-state index contributed by atoms with van der Waals surface area (Å²) in [4.78, 5) is 0. The Bertz CT molecular complexity index is 617. The fourth-order valence-electron chi connectivity index (χ4n) is 2.35. The molecular weight excluding hydrogens is 262 g/mol. The maximum atomic E-state index is 6.02. The maximum Gasteiger partial charge on any atom is 0.171 e. The van der Waals surface area contributed by atoms with Gasteiger partial charge in [-0.25, -0.2) is 0 Å². The molecule has 1 heterocycles. The molecule has 0 aliphatic rings. The predicted octanol–water partition coefficient (Wildman–Crippen LogP) is 3.64. The van der Waals surface area contributed by atoms with Crippen molar-refractivity contribution < 1.29 is 4.74 Å². The van der Waals surface area contributed by atoms with E-state index in [1.807, 2.05) is 31.6 Å². The number of nitrogens with zero attached hydrogens (tertiary/aromatic N) is 2. The predicted molar refractivity (Wildman–Crippen MR) is 85.9 cm³/mol. The molecule has 4 nitrogen and oxygen atoms in total. The summed E-state index contributed by atoms with van der Waals surface area (Å²) < 4.78 is 7.87. The summed E-state index contributed by atoms with van der Waals surface area (Å²) in [5, 5.41) is 7.81. The topological polar surface area (TPSA) is 39.1 Å². The normalized spacial score (nSPS) is 10.9. The molecule has 0 unspecified atom stereocenters. The van der Waals surface area contributed by atoms with E-state index in [0.717, 1.165) is 42.4 Å². The van der Waals surface area contributed by atoms with E-state index in [-0.39, 0.29) is 0 Å². The first-order chi connectivity index (χ1) is 10.0. The van der Waals surface area contributed by atoms with Gasteiger partial charge in [0.2, 0.25) is 0 Å². The van der Waals surface area contributed by atoms with Gasteiger partial charge >= 0.3 is 0 Å². The Morgan fingerprint density at radius 1 is 1.24 bits per heavy atom. The molecule has 0 saturated heterocycles. The van der Waals surface area contributed by atoms with E-state index in [4.69, 9.17) is 4.74 Å². The van der Waals surface area contributed by atoms with Gasteiger partial charge in [-0.15, -0.1) is 0 Å². The van der Waals surface area contributed by atoms with Gasteiger partial charge in [-0.1, -0.05) is 13.0 Å². The van der Waals surface area contributed by atoms with Gasteiger partial charge in [0.1, 0.15) is 11.4 Å². The van der Waals surface area contributed by atoms with Gasteiger partial charge in [0.25, 0.3) is 0 Å². The summed E-state index contributed by atoms with van der Waals surface area (Å²) in [6.45, 7) is 10.2. The molecule has 0 aliphatic carbocycles. The van der Waals surface area contributed by atoms with E-state index in [0.29, 0.717) is 0 Å². The van der Waals surface area contributed by atoms with Crippen molar-refractivity contribution in [3.8, 4) is 11.5 Å². The van der Waals surface area contributed by atoms with Gasteiger partial charge in [-0.2, -0.15) is 5.10 Å². The lowest BCUT2D eigenvalue weighted by Gasteiger charge is -2.11. The van der Waals surface area contributed by atoms with E-state index in [2.05, 4.69) is 36.4 Å². The highest BCUT2D eigenvalue weighted by Gasteiger charge is 2.12. The molecule has 0 aliphatic heterocycles. The van der Waals surface area contributed by atoms with Crippen LogP contribution in [-0.4, -0.2) is 16.3 Å². The lowest BCUT2D eigenvalue weighted by Crippen LogP contribution is -2.14. The number of aromatic nitrogens is 2. The van der Waals surface area contributed by atoms with Crippen LogP contribution in [0.15, 0.2) is 18.2 Å². The number of aryl methyl sites for hydroxylation is 3. The van der Waals surface area contributed by atoms with Crippen LogP contribution in [0.5, 0.6) is 11.5 Å². The summed E-state index contributed by atoms with van der Waals surface area (Å²) in [5.74, 6) is 1.72. The molecule has 21 heavy (non-hydrogen) atoms. The van der Waals surface area contributed by atoms with Crippen LogP contribution < -0.4 is 10.1 Å². The third-order valence-corrected chi connectivity index (χ3v) is 3.72. The summed E-state index contributed by atoms with van der Waals surface area (Å²) >= 11 is 0. The molecule has 1 N–H and O–H groups in total. The first-order valence-corrected chi connectivity index (χ1v) is 7.51. The van der Waals surface area contributed by atoms with Gasteiger partial charge in [0.05, 0.1) is 5.69 Å². The largest absolute Gasteiger partial charge is 0.453 e. The first-order valence-electron chi connectivity index (χ1n) is 7.51. The summed E-state index contributed by atoms with van der Waals surface area (Å²) in [5.41, 5.74) is 4.52. The molecular formula is C17H25N3O. The third kappa shape index (κ3) is 3.64. The van der Waals surface area contributed by atoms with Crippen LogP contribution in [-0.2, 0) is 13.6 Å². The Kier molecular flexibility index (Phi) is 5.02. The molecule has 0 saturated carbocycles. The number of hydrogen-bond acceptors (Lipinski definition) is 3. The van der Waals surface area contributed by atoms with Crippen LogP contribution in [0.1, 0.15) is 35.9 Å². The number of nitrogens with one attached hydrogen (secondary N) is 1. The average Bonchev–Trinajstić information content (AvgIpc) is 2.68. The van der Waals surface area contributed by atoms with Crippen molar-refractivity contribution in [1.82, 2.24) is 15.1 Å². The molecule has 1 aromatic carbocycles. The number of ether oxygens (including phenoxy) is 1. The van der Waals surface area contributed by atoms with Crippen LogP contribution in [0.4, 0.5) is 0 Å². The zero-order chi connectivity index (χ0) is 15.4. The molecule has 4 heteroatoms. The van der Waals surface area contributed by atoms with E-state index in [1.165, 1.54) is 11.1 Å². The monoisotopic (exact) mass is 287 g/mol. The minimum atomic E-state index is 0.855. The fourth-order valence-corrected chi connectivity index (χ4v) is 2.35. The Morgan fingerprint density at radius 2 is 2.00 bits per heavy atom. The highest BCUT2D eigenvalue weighted by molar-refractivity contribution is 5.40. The van der Waals surface area contributed by atoms with Crippen LogP contribution >= 0.6 is 0 Å². The zero-order valence-electron chi connectivity index (χ0n) is 13.7. The van der Waals surface area contributed by atoms with Crippen LogP contribution in [0.25, 0.3) is 0 Å². The molecule has 0 fully saturated rings. The molecule has 0 radical (unpaired) electrons. The van der Waals surface area contributed by atoms with Gasteiger partial charge in [-0.3, -0.25) is 4.68 Å². The smallest absolute Gasteiger partial charge is 0.171 e. The zero-order valence-corrected chi connectivity index (χ0v) is 13.7. The van der Waals surface area contributed by atoms with Crippen molar-refractivity contribution in [2.45, 2.75) is 40.7 Å². The van der Waals surface area contributed by atoms with Crippen molar-refractivity contribution in [2.24, 2.45) is 7.05 Å². The van der Waals surface area contributed by atoms with E-state index in [1.54, 1.807) is 0 Å². The summed E-state index contributed by atoms with van der Waals surface area (Å²) in [6.07, 6.45) is 1.15. The second kappa shape index (κ2) is 6.76. The molecule has 0 spiro atoms. The molecule has 0 bridgehead atoms. The minimum Gasteiger partial charge on any atom is -0.453 e. The lowest BCUT2D eigenvalue weighted by molar-refractivity contribution is 0.473. The van der Waals surface area contributed by atoms with Gasteiger partial charge in [-0.05, 0) is 57.0 Å². The van der Waals surface area contributed by atoms with Crippen molar-refractivity contribution in [3.63, 3.8) is 0 Å². The molecule has 2 rings (SSSR count). The van der Waals surface area contributed by atoms with E-state index >= 15 is 0 Å². The Labute approximate surface area is 127 Å². The molecule has 2 aromatic rings. The fraction of sp³-hybridized carbons (Fsp3) is 0.471. The van der Waals surface area contributed by atoms with Crippen LogP contribution in [0, 0.1) is 20.8 Å². The minimum absolute atomic E-state index is 0.855. The number of benzene rings is 1. The quantitative estimate of drug-likeness (QED) is 0.824. The van der Waals surface area contributed by atoms with Crippen molar-refractivity contribution in [3.05, 3.63) is 40.7 Å². The summed E-state index contributed by atoms with van der Waals surface area (Å²) in [6, 6.07) is 6.26. The number of rotatable bonds is 6. The Morgan fingerprint density at radius 3 is 2.57 bits per heavy atom. The third-order valence-electron chi connectivity index (χ3n) is 3.72. The van der Waals surface area contributed by atoms with E-state index < -0.39 is 0 Å².